The fourth-order valence-corrected chi connectivity index (χ4v) is 2.58. The van der Waals surface area contributed by atoms with Crippen molar-refractivity contribution in [3.63, 3.8) is 0 Å². The van der Waals surface area contributed by atoms with E-state index in [1.165, 1.54) is 25.7 Å². The zero-order valence-electron chi connectivity index (χ0n) is 8.70. The van der Waals surface area contributed by atoms with Crippen LogP contribution in [0.3, 0.4) is 0 Å². The second-order valence-electron chi connectivity index (χ2n) is 4.03. The Morgan fingerprint density at radius 2 is 2.14 bits per heavy atom. The van der Waals surface area contributed by atoms with E-state index in [1.54, 1.807) is 0 Å². The summed E-state index contributed by atoms with van der Waals surface area (Å²) in [6, 6.07) is 0.502. The van der Waals surface area contributed by atoms with Crippen molar-refractivity contribution >= 4 is 10.0 Å². The lowest BCUT2D eigenvalue weighted by molar-refractivity contribution is 0.398. The van der Waals surface area contributed by atoms with Gasteiger partial charge < -0.3 is 5.32 Å². The third-order valence-electron chi connectivity index (χ3n) is 2.98. The molecule has 4 nitrogen and oxygen atoms in total. The summed E-state index contributed by atoms with van der Waals surface area (Å²) in [7, 11) is -3.30. The summed E-state index contributed by atoms with van der Waals surface area (Å²) in [5.74, 6) is 0.760. The number of nitrogens with two attached hydrogens (primary N) is 1. The minimum atomic E-state index is -3.30. The maximum absolute atomic E-state index is 10.7. The molecule has 5 heteroatoms. The van der Waals surface area contributed by atoms with Gasteiger partial charge in [0.2, 0.25) is 10.0 Å². The first-order valence-electron chi connectivity index (χ1n) is 5.27. The Morgan fingerprint density at radius 1 is 1.43 bits per heavy atom. The second-order valence-corrected chi connectivity index (χ2v) is 5.76. The Bertz CT molecular complexity index is 264. The van der Waals surface area contributed by atoms with Crippen molar-refractivity contribution in [3.05, 3.63) is 0 Å². The number of hydrogen-bond acceptors (Lipinski definition) is 3. The zero-order valence-corrected chi connectivity index (χ0v) is 9.52. The summed E-state index contributed by atoms with van der Waals surface area (Å²) in [4.78, 5) is 0. The molecule has 0 aromatic carbocycles. The molecule has 14 heavy (non-hydrogen) atoms. The summed E-state index contributed by atoms with van der Waals surface area (Å²) < 4.78 is 21.4. The van der Waals surface area contributed by atoms with Gasteiger partial charge in [0.05, 0.1) is 5.75 Å². The molecule has 0 spiro atoms. The first-order chi connectivity index (χ1) is 6.53. The normalized spacial score (nSPS) is 28.1. The number of hydrogen-bond donors (Lipinski definition) is 2. The van der Waals surface area contributed by atoms with Crippen LogP contribution in [0.2, 0.25) is 0 Å². The minimum Gasteiger partial charge on any atom is -0.313 e. The molecule has 0 heterocycles. The van der Waals surface area contributed by atoms with E-state index in [-0.39, 0.29) is 5.75 Å². The van der Waals surface area contributed by atoms with Crippen molar-refractivity contribution in [3.8, 4) is 0 Å². The van der Waals surface area contributed by atoms with E-state index < -0.39 is 10.0 Å². The molecule has 0 aromatic rings. The lowest BCUT2D eigenvalue weighted by Gasteiger charge is -2.19. The number of rotatable bonds is 5. The van der Waals surface area contributed by atoms with Crippen molar-refractivity contribution in [1.82, 2.24) is 5.32 Å². The molecule has 1 aliphatic rings. The van der Waals surface area contributed by atoms with Gasteiger partial charge in [-0.05, 0) is 18.8 Å². The van der Waals surface area contributed by atoms with Gasteiger partial charge in [-0.25, -0.2) is 13.6 Å². The molecule has 2 atom stereocenters. The van der Waals surface area contributed by atoms with Crippen LogP contribution in [-0.4, -0.2) is 26.8 Å². The second kappa shape index (κ2) is 5.09. The molecular weight excluding hydrogens is 200 g/mol. The maximum atomic E-state index is 10.7. The lowest BCUT2D eigenvalue weighted by Crippen LogP contribution is -2.36. The minimum absolute atomic E-state index is 0.0416. The number of sulfonamides is 1. The van der Waals surface area contributed by atoms with Crippen LogP contribution >= 0.6 is 0 Å². The van der Waals surface area contributed by atoms with Crippen LogP contribution < -0.4 is 10.5 Å². The molecule has 0 radical (unpaired) electrons. The van der Waals surface area contributed by atoms with Crippen molar-refractivity contribution in [2.24, 2.45) is 11.1 Å². The Kier molecular flexibility index (Phi) is 4.34. The largest absolute Gasteiger partial charge is 0.313 e. The highest BCUT2D eigenvalue weighted by Crippen LogP contribution is 2.27. The van der Waals surface area contributed by atoms with Crippen molar-refractivity contribution in [2.45, 2.75) is 38.6 Å². The summed E-state index contributed by atoms with van der Waals surface area (Å²) in [6.07, 6.45) is 4.87. The van der Waals surface area contributed by atoms with Gasteiger partial charge in [0.15, 0.2) is 0 Å². The Morgan fingerprint density at radius 3 is 2.71 bits per heavy atom. The maximum Gasteiger partial charge on any atom is 0.210 e. The first-order valence-corrected chi connectivity index (χ1v) is 6.98. The first kappa shape index (κ1) is 11.9. The van der Waals surface area contributed by atoms with Gasteiger partial charge in [0.1, 0.15) is 0 Å². The molecule has 0 saturated heterocycles. The van der Waals surface area contributed by atoms with E-state index in [0.29, 0.717) is 12.6 Å². The molecule has 1 saturated carbocycles. The summed E-state index contributed by atoms with van der Waals surface area (Å²) >= 11 is 0. The smallest absolute Gasteiger partial charge is 0.210 e. The average molecular weight is 220 g/mol. The zero-order chi connectivity index (χ0) is 10.6. The highest BCUT2D eigenvalue weighted by molar-refractivity contribution is 7.89. The standard InChI is InChI=1S/C9H20N2O2S/c1-2-8-4-3-5-9(8)11-6-7-14(10,12)13/h8-9,11H,2-7H2,1H3,(H2,10,12,13). The van der Waals surface area contributed by atoms with Gasteiger partial charge in [0.25, 0.3) is 0 Å². The molecular formula is C9H20N2O2S. The van der Waals surface area contributed by atoms with Gasteiger partial charge in [-0.3, -0.25) is 0 Å². The summed E-state index contributed by atoms with van der Waals surface area (Å²) in [5.41, 5.74) is 0. The quantitative estimate of drug-likeness (QED) is 0.706. The van der Waals surface area contributed by atoms with E-state index >= 15 is 0 Å². The predicted molar refractivity (Wildman–Crippen MR) is 57.4 cm³/mol. The van der Waals surface area contributed by atoms with Crippen molar-refractivity contribution in [2.75, 3.05) is 12.3 Å². The van der Waals surface area contributed by atoms with Crippen LogP contribution in [0, 0.1) is 5.92 Å². The molecule has 2 unspecified atom stereocenters. The third kappa shape index (κ3) is 3.94. The topological polar surface area (TPSA) is 72.2 Å². The SMILES string of the molecule is CCC1CCCC1NCCS(N)(=O)=O. The lowest BCUT2D eigenvalue weighted by atomic mass is 10.0. The van der Waals surface area contributed by atoms with Crippen LogP contribution in [0.5, 0.6) is 0 Å². The average Bonchev–Trinajstić information content (AvgIpc) is 2.49. The van der Waals surface area contributed by atoms with Crippen LogP contribution in [0.25, 0.3) is 0 Å². The number of nitrogens with one attached hydrogen (secondary N) is 1. The molecule has 0 amide bonds. The fourth-order valence-electron chi connectivity index (χ4n) is 2.18. The molecule has 1 aliphatic carbocycles. The van der Waals surface area contributed by atoms with Crippen molar-refractivity contribution in [1.29, 1.82) is 0 Å². The molecule has 84 valence electrons. The van der Waals surface area contributed by atoms with E-state index in [4.69, 9.17) is 5.14 Å². The van der Waals surface area contributed by atoms with Gasteiger partial charge in [-0.1, -0.05) is 19.8 Å². The highest BCUT2D eigenvalue weighted by atomic mass is 32.2. The fraction of sp³-hybridized carbons (Fsp3) is 1.00. The predicted octanol–water partition coefficient (Wildman–Crippen LogP) is 0.443. The van der Waals surface area contributed by atoms with E-state index in [1.807, 2.05) is 0 Å². The van der Waals surface area contributed by atoms with Gasteiger partial charge in [-0.15, -0.1) is 0 Å². The molecule has 0 aliphatic heterocycles. The van der Waals surface area contributed by atoms with E-state index in [2.05, 4.69) is 12.2 Å². The Balaban J connectivity index is 2.24. The third-order valence-corrected chi connectivity index (χ3v) is 3.75. The van der Waals surface area contributed by atoms with Crippen LogP contribution in [0.15, 0.2) is 0 Å². The molecule has 0 aromatic heterocycles. The van der Waals surface area contributed by atoms with Gasteiger partial charge in [0, 0.05) is 12.6 Å². The highest BCUT2D eigenvalue weighted by Gasteiger charge is 2.24. The van der Waals surface area contributed by atoms with Gasteiger partial charge >= 0.3 is 0 Å². The molecule has 1 fully saturated rings. The van der Waals surface area contributed by atoms with Crippen LogP contribution in [0.1, 0.15) is 32.6 Å². The summed E-state index contributed by atoms with van der Waals surface area (Å²) in [5, 5.41) is 8.20. The van der Waals surface area contributed by atoms with Gasteiger partial charge in [-0.2, -0.15) is 0 Å². The number of primary sulfonamides is 1. The van der Waals surface area contributed by atoms with Crippen molar-refractivity contribution < 1.29 is 8.42 Å². The molecule has 3 N–H and O–H groups in total. The van der Waals surface area contributed by atoms with Crippen LogP contribution in [0.4, 0.5) is 0 Å². The summed E-state index contributed by atoms with van der Waals surface area (Å²) in [6.45, 7) is 2.67. The van der Waals surface area contributed by atoms with Crippen LogP contribution in [-0.2, 0) is 10.0 Å². The Labute approximate surface area is 86.3 Å². The molecule has 0 bridgehead atoms. The molecule has 1 rings (SSSR count). The van der Waals surface area contributed by atoms with E-state index in [0.717, 1.165) is 5.92 Å². The van der Waals surface area contributed by atoms with E-state index in [9.17, 15) is 8.42 Å². The Hall–Kier alpha value is -0.130. The monoisotopic (exact) mass is 220 g/mol.